The maximum atomic E-state index is 12.9. The second-order valence-corrected chi connectivity index (χ2v) is 4.15. The Morgan fingerprint density at radius 3 is 2.50 bits per heavy atom. The first-order chi connectivity index (χ1) is 7.55. The summed E-state index contributed by atoms with van der Waals surface area (Å²) in [6.45, 7) is 2.67. The van der Waals surface area contributed by atoms with Crippen LogP contribution < -0.4 is 10.1 Å². The number of ether oxygens (including phenoxy) is 1. The summed E-state index contributed by atoms with van der Waals surface area (Å²) in [5.41, 5.74) is 0.0180. The van der Waals surface area contributed by atoms with Crippen LogP contribution in [0.4, 0.5) is 8.78 Å². The molecule has 1 aliphatic heterocycles. The third-order valence-corrected chi connectivity index (χ3v) is 2.68. The van der Waals surface area contributed by atoms with E-state index >= 15 is 0 Å². The van der Waals surface area contributed by atoms with E-state index in [0.717, 1.165) is 26.4 Å². The van der Waals surface area contributed by atoms with Gasteiger partial charge in [0.05, 0.1) is 0 Å². The van der Waals surface area contributed by atoms with Gasteiger partial charge in [-0.2, -0.15) is 0 Å². The normalized spacial score (nSPS) is 21.1. The Morgan fingerprint density at radius 2 is 2.00 bits per heavy atom. The summed E-state index contributed by atoms with van der Waals surface area (Å²) in [6.07, 6.45) is 1.12. The molecule has 0 radical (unpaired) electrons. The van der Waals surface area contributed by atoms with Gasteiger partial charge in [0.1, 0.15) is 11.9 Å². The van der Waals surface area contributed by atoms with Crippen LogP contribution in [0, 0.1) is 0 Å². The van der Waals surface area contributed by atoms with Gasteiger partial charge in [-0.25, -0.2) is 8.78 Å². The molecule has 0 amide bonds. The van der Waals surface area contributed by atoms with E-state index in [1.807, 2.05) is 0 Å². The molecule has 0 aliphatic carbocycles. The number of hydrogen-bond donors (Lipinski definition) is 1. The Balaban J connectivity index is 2.01. The summed E-state index contributed by atoms with van der Waals surface area (Å²) in [6, 6.07) is 6.03. The number of halogens is 2. The minimum atomic E-state index is -2.78. The highest BCUT2D eigenvalue weighted by molar-refractivity contribution is 5.29. The topological polar surface area (TPSA) is 21.3 Å². The number of hydrogen-bond acceptors (Lipinski definition) is 2. The van der Waals surface area contributed by atoms with Crippen LogP contribution in [0.1, 0.15) is 18.9 Å². The number of rotatable bonds is 3. The molecule has 0 aromatic heterocycles. The summed E-state index contributed by atoms with van der Waals surface area (Å²) in [7, 11) is 0. The fourth-order valence-electron chi connectivity index (χ4n) is 1.75. The van der Waals surface area contributed by atoms with E-state index in [1.54, 1.807) is 12.1 Å². The minimum Gasteiger partial charge on any atom is -0.489 e. The summed E-state index contributed by atoms with van der Waals surface area (Å²) >= 11 is 0. The average molecular weight is 227 g/mol. The second kappa shape index (κ2) is 4.37. The fourth-order valence-corrected chi connectivity index (χ4v) is 1.75. The van der Waals surface area contributed by atoms with E-state index in [0.29, 0.717) is 5.75 Å². The van der Waals surface area contributed by atoms with Crippen LogP contribution >= 0.6 is 0 Å². The molecular formula is C12H15F2NO. The Bertz CT molecular complexity index is 339. The number of benzene rings is 1. The second-order valence-electron chi connectivity index (χ2n) is 4.15. The summed E-state index contributed by atoms with van der Waals surface area (Å²) in [5.74, 6) is -2.13. The zero-order valence-electron chi connectivity index (χ0n) is 9.17. The lowest BCUT2D eigenvalue weighted by molar-refractivity contribution is 0.0174. The van der Waals surface area contributed by atoms with Gasteiger partial charge < -0.3 is 10.1 Å². The van der Waals surface area contributed by atoms with E-state index in [1.165, 1.54) is 12.1 Å². The Labute approximate surface area is 93.6 Å². The smallest absolute Gasteiger partial charge is 0.270 e. The zero-order chi connectivity index (χ0) is 11.6. The van der Waals surface area contributed by atoms with Crippen molar-refractivity contribution in [2.45, 2.75) is 25.4 Å². The molecule has 1 aromatic rings. The van der Waals surface area contributed by atoms with Crippen molar-refractivity contribution < 1.29 is 13.5 Å². The van der Waals surface area contributed by atoms with Gasteiger partial charge in [0.25, 0.3) is 5.92 Å². The molecule has 16 heavy (non-hydrogen) atoms. The molecule has 1 aromatic carbocycles. The maximum Gasteiger partial charge on any atom is 0.270 e. The first-order valence-electron chi connectivity index (χ1n) is 5.41. The maximum absolute atomic E-state index is 12.9. The van der Waals surface area contributed by atoms with E-state index in [-0.39, 0.29) is 11.7 Å². The summed E-state index contributed by atoms with van der Waals surface area (Å²) < 4.78 is 31.5. The monoisotopic (exact) mass is 227 g/mol. The molecule has 1 saturated heterocycles. The molecule has 2 rings (SSSR count). The molecule has 1 aliphatic rings. The van der Waals surface area contributed by atoms with Gasteiger partial charge in [-0.05, 0) is 37.2 Å². The van der Waals surface area contributed by atoms with Crippen LogP contribution in [0.5, 0.6) is 5.75 Å². The highest BCUT2D eigenvalue weighted by Gasteiger charge is 2.24. The Kier molecular flexibility index (Phi) is 3.10. The molecule has 1 fully saturated rings. The quantitative estimate of drug-likeness (QED) is 0.856. The van der Waals surface area contributed by atoms with Crippen molar-refractivity contribution in [1.82, 2.24) is 5.32 Å². The fraction of sp³-hybridized carbons (Fsp3) is 0.500. The molecule has 4 heteroatoms. The van der Waals surface area contributed by atoms with E-state index < -0.39 is 5.92 Å². The van der Waals surface area contributed by atoms with Crippen molar-refractivity contribution in [1.29, 1.82) is 0 Å². The molecule has 0 saturated carbocycles. The van der Waals surface area contributed by atoms with Crippen LogP contribution in [-0.4, -0.2) is 19.2 Å². The van der Waals surface area contributed by atoms with Crippen molar-refractivity contribution in [2.24, 2.45) is 0 Å². The van der Waals surface area contributed by atoms with Gasteiger partial charge in [-0.3, -0.25) is 0 Å². The molecular weight excluding hydrogens is 212 g/mol. The first kappa shape index (κ1) is 11.3. The third kappa shape index (κ3) is 2.70. The van der Waals surface area contributed by atoms with Crippen LogP contribution in [-0.2, 0) is 5.92 Å². The van der Waals surface area contributed by atoms with Gasteiger partial charge in [-0.1, -0.05) is 0 Å². The van der Waals surface area contributed by atoms with Gasteiger partial charge in [0.2, 0.25) is 0 Å². The number of nitrogens with one attached hydrogen (secondary N) is 1. The van der Waals surface area contributed by atoms with Crippen molar-refractivity contribution in [3.63, 3.8) is 0 Å². The highest BCUT2D eigenvalue weighted by Crippen LogP contribution is 2.28. The van der Waals surface area contributed by atoms with E-state index in [2.05, 4.69) is 5.32 Å². The van der Waals surface area contributed by atoms with Crippen molar-refractivity contribution in [3.8, 4) is 5.75 Å². The Hall–Kier alpha value is -1.16. The predicted molar refractivity (Wildman–Crippen MR) is 57.9 cm³/mol. The largest absolute Gasteiger partial charge is 0.489 e. The summed E-state index contributed by atoms with van der Waals surface area (Å²) in [4.78, 5) is 0. The van der Waals surface area contributed by atoms with Crippen molar-refractivity contribution >= 4 is 0 Å². The zero-order valence-corrected chi connectivity index (χ0v) is 9.17. The molecule has 88 valence electrons. The first-order valence-corrected chi connectivity index (χ1v) is 5.41. The standard InChI is InChI=1S/C12H15F2NO/c1-12(13,14)9-2-4-10(5-3-9)16-11-6-7-15-8-11/h2-5,11,15H,6-8H2,1H3. The molecule has 1 atom stereocenters. The molecule has 0 bridgehead atoms. The van der Waals surface area contributed by atoms with Crippen molar-refractivity contribution in [3.05, 3.63) is 29.8 Å². The van der Waals surface area contributed by atoms with Crippen LogP contribution in [0.25, 0.3) is 0 Å². The van der Waals surface area contributed by atoms with Gasteiger partial charge in [0.15, 0.2) is 0 Å². The van der Waals surface area contributed by atoms with Crippen LogP contribution in [0.3, 0.4) is 0 Å². The lowest BCUT2D eigenvalue weighted by Crippen LogP contribution is -2.19. The third-order valence-electron chi connectivity index (χ3n) is 2.68. The average Bonchev–Trinajstić information content (AvgIpc) is 2.70. The van der Waals surface area contributed by atoms with Gasteiger partial charge in [0, 0.05) is 19.0 Å². The summed E-state index contributed by atoms with van der Waals surface area (Å²) in [5, 5.41) is 3.18. The molecule has 1 unspecified atom stereocenters. The highest BCUT2D eigenvalue weighted by atomic mass is 19.3. The van der Waals surface area contributed by atoms with Crippen LogP contribution in [0.2, 0.25) is 0 Å². The van der Waals surface area contributed by atoms with E-state index in [9.17, 15) is 8.78 Å². The SMILES string of the molecule is CC(F)(F)c1ccc(OC2CCNC2)cc1. The van der Waals surface area contributed by atoms with Gasteiger partial charge in [-0.15, -0.1) is 0 Å². The molecule has 2 nitrogen and oxygen atoms in total. The Morgan fingerprint density at radius 1 is 1.31 bits per heavy atom. The lowest BCUT2D eigenvalue weighted by atomic mass is 10.1. The minimum absolute atomic E-state index is 0.0180. The van der Waals surface area contributed by atoms with E-state index in [4.69, 9.17) is 4.74 Å². The lowest BCUT2D eigenvalue weighted by Gasteiger charge is -2.14. The predicted octanol–water partition coefficient (Wildman–Crippen LogP) is 2.54. The number of alkyl halides is 2. The molecule has 0 spiro atoms. The van der Waals surface area contributed by atoms with Crippen molar-refractivity contribution in [2.75, 3.05) is 13.1 Å². The molecule has 1 N–H and O–H groups in total. The molecule has 1 heterocycles. The van der Waals surface area contributed by atoms with Gasteiger partial charge >= 0.3 is 0 Å². The van der Waals surface area contributed by atoms with Crippen LogP contribution in [0.15, 0.2) is 24.3 Å².